The molecule has 1 nitrogen and oxygen atoms in total. The van der Waals surface area contributed by atoms with Gasteiger partial charge in [0, 0.05) is 21.5 Å². The van der Waals surface area contributed by atoms with Crippen molar-refractivity contribution in [2.75, 3.05) is 0 Å². The fourth-order valence-corrected chi connectivity index (χ4v) is 2.55. The number of rotatable bonds is 2. The molecule has 0 bridgehead atoms. The quantitative estimate of drug-likeness (QED) is 0.752. The van der Waals surface area contributed by atoms with Crippen LogP contribution in [0.25, 0.3) is 0 Å². The van der Waals surface area contributed by atoms with Gasteiger partial charge in [-0.25, -0.2) is 0 Å². The van der Waals surface area contributed by atoms with E-state index in [1.807, 2.05) is 11.4 Å². The van der Waals surface area contributed by atoms with Crippen molar-refractivity contribution in [3.05, 3.63) is 55.6 Å². The van der Waals surface area contributed by atoms with Gasteiger partial charge < -0.3 is 0 Å². The highest BCUT2D eigenvalue weighted by Gasteiger charge is 2.10. The lowest BCUT2D eigenvalue weighted by Gasteiger charge is -1.98. The number of hydrogen-bond acceptors (Lipinski definition) is 2. The molecule has 0 unspecified atom stereocenters. The third kappa shape index (κ3) is 2.48. The summed E-state index contributed by atoms with van der Waals surface area (Å²) >= 11 is 10.6. The zero-order chi connectivity index (χ0) is 10.8. The van der Waals surface area contributed by atoms with Crippen molar-refractivity contribution in [3.8, 4) is 0 Å². The minimum absolute atomic E-state index is 0.000509. The van der Waals surface area contributed by atoms with E-state index in [0.717, 1.165) is 3.79 Å². The topological polar surface area (TPSA) is 17.1 Å². The normalized spacial score (nSPS) is 10.3. The lowest BCUT2D eigenvalue weighted by molar-refractivity contribution is 0.103. The van der Waals surface area contributed by atoms with Crippen LogP contribution in [0.3, 0.4) is 0 Å². The van der Waals surface area contributed by atoms with Crippen molar-refractivity contribution in [2.45, 2.75) is 0 Å². The largest absolute Gasteiger partial charge is 0.289 e. The Bertz CT molecular complexity index is 507. The van der Waals surface area contributed by atoms with Crippen molar-refractivity contribution in [3.63, 3.8) is 0 Å². The Morgan fingerprint density at radius 1 is 1.27 bits per heavy atom. The van der Waals surface area contributed by atoms with E-state index >= 15 is 0 Å². The molecule has 0 aliphatic heterocycles. The van der Waals surface area contributed by atoms with E-state index < -0.39 is 0 Å². The van der Waals surface area contributed by atoms with Gasteiger partial charge in [-0.05, 0) is 34.1 Å². The predicted molar refractivity (Wildman–Crippen MR) is 66.9 cm³/mol. The molecule has 0 N–H and O–H groups in total. The smallest absolute Gasteiger partial charge is 0.193 e. The van der Waals surface area contributed by atoms with E-state index in [-0.39, 0.29) is 5.78 Å². The van der Waals surface area contributed by atoms with Gasteiger partial charge in [0.15, 0.2) is 5.78 Å². The molecule has 1 heterocycles. The molecule has 0 atom stereocenters. The summed E-state index contributed by atoms with van der Waals surface area (Å²) < 4.78 is 0.952. The van der Waals surface area contributed by atoms with Gasteiger partial charge in [-0.3, -0.25) is 4.79 Å². The van der Waals surface area contributed by atoms with Gasteiger partial charge in [0.1, 0.15) is 0 Å². The van der Waals surface area contributed by atoms with Crippen LogP contribution in [0, 0.1) is 0 Å². The molecule has 2 rings (SSSR count). The summed E-state index contributed by atoms with van der Waals surface area (Å²) in [5.41, 5.74) is 1.31. The number of carbonyl (C=O) groups is 1. The maximum atomic E-state index is 11.9. The molecule has 0 spiro atoms. The van der Waals surface area contributed by atoms with Crippen molar-refractivity contribution in [1.29, 1.82) is 0 Å². The van der Waals surface area contributed by atoms with Crippen LogP contribution in [0.4, 0.5) is 0 Å². The Balaban J connectivity index is 2.36. The maximum absolute atomic E-state index is 11.9. The molecule has 0 fully saturated rings. The fourth-order valence-electron chi connectivity index (χ4n) is 1.23. The average Bonchev–Trinajstić information content (AvgIpc) is 2.64. The zero-order valence-electron chi connectivity index (χ0n) is 7.54. The molecule has 0 amide bonds. The van der Waals surface area contributed by atoms with Crippen LogP contribution in [-0.2, 0) is 0 Å². The number of benzene rings is 1. The third-order valence-electron chi connectivity index (χ3n) is 1.92. The first kappa shape index (κ1) is 10.9. The molecule has 1 aromatic heterocycles. The Morgan fingerprint density at radius 3 is 2.67 bits per heavy atom. The first-order chi connectivity index (χ1) is 7.16. The second-order valence-electron chi connectivity index (χ2n) is 2.98. The van der Waals surface area contributed by atoms with Gasteiger partial charge in [-0.1, -0.05) is 23.7 Å². The van der Waals surface area contributed by atoms with Gasteiger partial charge in [-0.2, -0.15) is 0 Å². The molecule has 0 aliphatic rings. The van der Waals surface area contributed by atoms with E-state index in [1.165, 1.54) is 11.3 Å². The minimum atomic E-state index is -0.000509. The minimum Gasteiger partial charge on any atom is -0.289 e. The van der Waals surface area contributed by atoms with Crippen molar-refractivity contribution >= 4 is 44.7 Å². The zero-order valence-corrected chi connectivity index (χ0v) is 10.7. The molecule has 0 radical (unpaired) electrons. The highest BCUT2D eigenvalue weighted by atomic mass is 79.9. The second-order valence-corrected chi connectivity index (χ2v) is 5.71. The molecule has 15 heavy (non-hydrogen) atoms. The van der Waals surface area contributed by atoms with Crippen LogP contribution in [0.15, 0.2) is 39.5 Å². The Morgan fingerprint density at radius 2 is 2.07 bits per heavy atom. The van der Waals surface area contributed by atoms with Gasteiger partial charge in [0.05, 0.1) is 3.79 Å². The molecule has 0 aliphatic carbocycles. The molecule has 76 valence electrons. The SMILES string of the molecule is O=C(c1cccc(Cl)c1)c1csc(Br)c1. The summed E-state index contributed by atoms with van der Waals surface area (Å²) in [6.45, 7) is 0. The van der Waals surface area contributed by atoms with Crippen LogP contribution in [0.1, 0.15) is 15.9 Å². The standard InChI is InChI=1S/C11H6BrClOS/c12-10-5-8(6-15-10)11(14)7-2-1-3-9(13)4-7/h1-6H. The van der Waals surface area contributed by atoms with E-state index in [9.17, 15) is 4.79 Å². The van der Waals surface area contributed by atoms with E-state index in [2.05, 4.69) is 15.9 Å². The van der Waals surface area contributed by atoms with Crippen LogP contribution in [-0.4, -0.2) is 5.78 Å². The Labute approximate surface area is 105 Å². The first-order valence-corrected chi connectivity index (χ1v) is 6.26. The maximum Gasteiger partial charge on any atom is 0.193 e. The monoisotopic (exact) mass is 300 g/mol. The highest BCUT2D eigenvalue weighted by molar-refractivity contribution is 9.11. The molecule has 0 saturated heterocycles. The number of halogens is 2. The summed E-state index contributed by atoms with van der Waals surface area (Å²) in [7, 11) is 0. The van der Waals surface area contributed by atoms with Crippen molar-refractivity contribution in [1.82, 2.24) is 0 Å². The average molecular weight is 302 g/mol. The summed E-state index contributed by atoms with van der Waals surface area (Å²) in [5, 5.41) is 2.41. The van der Waals surface area contributed by atoms with Gasteiger partial charge >= 0.3 is 0 Å². The van der Waals surface area contributed by atoms with Gasteiger partial charge in [0.25, 0.3) is 0 Å². The van der Waals surface area contributed by atoms with Gasteiger partial charge in [-0.15, -0.1) is 11.3 Å². The third-order valence-corrected chi connectivity index (χ3v) is 3.66. The number of hydrogen-bond donors (Lipinski definition) is 0. The molecule has 4 heteroatoms. The van der Waals surface area contributed by atoms with Crippen LogP contribution >= 0.6 is 38.9 Å². The number of ketones is 1. The van der Waals surface area contributed by atoms with E-state index in [1.54, 1.807) is 24.3 Å². The van der Waals surface area contributed by atoms with Gasteiger partial charge in [0.2, 0.25) is 0 Å². The fraction of sp³-hybridized carbons (Fsp3) is 0. The number of thiophene rings is 1. The van der Waals surface area contributed by atoms with E-state index in [4.69, 9.17) is 11.6 Å². The molecular formula is C11H6BrClOS. The van der Waals surface area contributed by atoms with Crippen molar-refractivity contribution in [2.24, 2.45) is 0 Å². The Kier molecular flexibility index (Phi) is 3.24. The lowest BCUT2D eigenvalue weighted by atomic mass is 10.1. The summed E-state index contributed by atoms with van der Waals surface area (Å²) in [6.07, 6.45) is 0. The number of carbonyl (C=O) groups excluding carboxylic acids is 1. The Hall–Kier alpha value is -0.640. The molecule has 1 aromatic carbocycles. The highest BCUT2D eigenvalue weighted by Crippen LogP contribution is 2.23. The summed E-state index contributed by atoms with van der Waals surface area (Å²) in [4.78, 5) is 11.9. The molecule has 2 aromatic rings. The van der Waals surface area contributed by atoms with Crippen LogP contribution < -0.4 is 0 Å². The van der Waals surface area contributed by atoms with Crippen molar-refractivity contribution < 1.29 is 4.79 Å². The summed E-state index contributed by atoms with van der Waals surface area (Å²) in [6, 6.07) is 8.78. The van der Waals surface area contributed by atoms with E-state index in [0.29, 0.717) is 16.1 Å². The molecule has 0 saturated carbocycles. The molecular weight excluding hydrogens is 296 g/mol. The first-order valence-electron chi connectivity index (χ1n) is 4.21. The summed E-state index contributed by atoms with van der Waals surface area (Å²) in [5.74, 6) is -0.000509. The predicted octanol–water partition coefficient (Wildman–Crippen LogP) is 4.40. The van der Waals surface area contributed by atoms with Crippen LogP contribution in [0.5, 0.6) is 0 Å². The van der Waals surface area contributed by atoms with Crippen LogP contribution in [0.2, 0.25) is 5.02 Å². The lowest BCUT2D eigenvalue weighted by Crippen LogP contribution is -1.98. The second kappa shape index (κ2) is 4.47.